The van der Waals surface area contributed by atoms with Crippen molar-refractivity contribution in [3.8, 4) is 0 Å². The van der Waals surface area contributed by atoms with Crippen LogP contribution in [0.15, 0.2) is 17.5 Å². The number of nitrogens with zero attached hydrogens (tertiary/aromatic N) is 5. The predicted octanol–water partition coefficient (Wildman–Crippen LogP) is 0.492. The maximum absolute atomic E-state index is 8.59. The molecule has 1 fully saturated rings. The van der Waals surface area contributed by atoms with Crippen molar-refractivity contribution in [2.45, 2.75) is 25.8 Å². The highest BCUT2D eigenvalue weighted by molar-refractivity contribution is 5.94. The minimum Gasteiger partial charge on any atom is -0.409 e. The summed E-state index contributed by atoms with van der Waals surface area (Å²) in [5.41, 5.74) is 5.84. The molecule has 1 aromatic rings. The molecule has 7 nitrogen and oxygen atoms in total. The number of amidine groups is 1. The largest absolute Gasteiger partial charge is 0.409 e. The van der Waals surface area contributed by atoms with Crippen molar-refractivity contribution in [2.75, 3.05) is 31.6 Å². The lowest BCUT2D eigenvalue weighted by molar-refractivity contribution is 0.270. The molecule has 110 valence electrons. The third-order valence-electron chi connectivity index (χ3n) is 3.79. The molecule has 20 heavy (non-hydrogen) atoms. The summed E-state index contributed by atoms with van der Waals surface area (Å²) < 4.78 is 0. The van der Waals surface area contributed by atoms with Gasteiger partial charge in [-0.05, 0) is 25.9 Å². The predicted molar refractivity (Wildman–Crippen MR) is 78.1 cm³/mol. The van der Waals surface area contributed by atoms with E-state index in [2.05, 4.69) is 31.8 Å². The lowest BCUT2D eigenvalue weighted by Crippen LogP contribution is -2.39. The smallest absolute Gasteiger partial charge is 0.190 e. The van der Waals surface area contributed by atoms with E-state index in [0.717, 1.165) is 18.9 Å². The zero-order valence-electron chi connectivity index (χ0n) is 12.0. The van der Waals surface area contributed by atoms with Gasteiger partial charge in [-0.15, -0.1) is 0 Å². The number of nitrogens with two attached hydrogens (primary N) is 1. The van der Waals surface area contributed by atoms with Gasteiger partial charge in [-0.2, -0.15) is 0 Å². The number of hydrogen-bond acceptors (Lipinski definition) is 6. The van der Waals surface area contributed by atoms with Crippen molar-refractivity contribution in [1.82, 2.24) is 14.9 Å². The highest BCUT2D eigenvalue weighted by Crippen LogP contribution is 2.19. The number of aromatic nitrogens is 2. The van der Waals surface area contributed by atoms with Crippen LogP contribution < -0.4 is 10.6 Å². The number of rotatable bonds is 5. The van der Waals surface area contributed by atoms with E-state index in [4.69, 9.17) is 10.9 Å². The first-order chi connectivity index (χ1) is 9.65. The first kappa shape index (κ1) is 14.5. The Bertz CT molecular complexity index is 460. The van der Waals surface area contributed by atoms with Crippen LogP contribution in [0.3, 0.4) is 0 Å². The van der Waals surface area contributed by atoms with Crippen molar-refractivity contribution in [1.29, 1.82) is 0 Å². The van der Waals surface area contributed by atoms with Crippen LogP contribution >= 0.6 is 0 Å². The SMILES string of the molecule is CCN1CCCC1CN(C)c1cnc(C(N)=NO)cn1. The topological polar surface area (TPSA) is 90.9 Å². The maximum atomic E-state index is 8.59. The monoisotopic (exact) mass is 278 g/mol. The summed E-state index contributed by atoms with van der Waals surface area (Å²) >= 11 is 0. The Morgan fingerprint density at radius 3 is 2.95 bits per heavy atom. The summed E-state index contributed by atoms with van der Waals surface area (Å²) in [5, 5.41) is 11.5. The van der Waals surface area contributed by atoms with E-state index in [-0.39, 0.29) is 5.84 Å². The lowest BCUT2D eigenvalue weighted by Gasteiger charge is -2.28. The molecule has 1 aliphatic heterocycles. The Hall–Kier alpha value is -1.89. The molecular weight excluding hydrogens is 256 g/mol. The summed E-state index contributed by atoms with van der Waals surface area (Å²) in [5.74, 6) is 0.766. The standard InChI is InChI=1S/C13H22N6O/c1-3-19-6-4-5-10(19)9-18(2)12-8-15-11(7-16-12)13(14)17-20/h7-8,10,20H,3-6,9H2,1-2H3,(H2,14,17). The average Bonchev–Trinajstić information content (AvgIpc) is 2.93. The number of oxime groups is 1. The molecule has 2 heterocycles. The molecule has 0 bridgehead atoms. The summed E-state index contributed by atoms with van der Waals surface area (Å²) in [6.45, 7) is 5.41. The second kappa shape index (κ2) is 6.51. The first-order valence-electron chi connectivity index (χ1n) is 6.90. The van der Waals surface area contributed by atoms with Gasteiger partial charge in [-0.3, -0.25) is 4.90 Å². The van der Waals surface area contributed by atoms with Gasteiger partial charge in [0.15, 0.2) is 5.84 Å². The highest BCUT2D eigenvalue weighted by Gasteiger charge is 2.24. The summed E-state index contributed by atoms with van der Waals surface area (Å²) in [4.78, 5) is 13.1. The summed E-state index contributed by atoms with van der Waals surface area (Å²) in [6, 6.07) is 0.579. The van der Waals surface area contributed by atoms with Crippen LogP contribution in [0.1, 0.15) is 25.5 Å². The summed E-state index contributed by atoms with van der Waals surface area (Å²) in [7, 11) is 2.01. The van der Waals surface area contributed by atoms with Gasteiger partial charge in [-0.1, -0.05) is 12.1 Å². The Balaban J connectivity index is 2.00. The van der Waals surface area contributed by atoms with Crippen molar-refractivity contribution in [3.63, 3.8) is 0 Å². The normalized spacial score (nSPS) is 20.3. The molecule has 0 amide bonds. The minimum atomic E-state index is -0.0281. The van der Waals surface area contributed by atoms with E-state index in [1.54, 1.807) is 6.20 Å². The van der Waals surface area contributed by atoms with Crippen molar-refractivity contribution < 1.29 is 5.21 Å². The Morgan fingerprint density at radius 2 is 2.35 bits per heavy atom. The number of anilines is 1. The fourth-order valence-corrected chi connectivity index (χ4v) is 2.63. The number of likely N-dealkylation sites (N-methyl/N-ethyl adjacent to an activating group) is 2. The average molecular weight is 278 g/mol. The van der Waals surface area contributed by atoms with Crippen LogP contribution in [-0.4, -0.2) is 58.6 Å². The van der Waals surface area contributed by atoms with Crippen LogP contribution in [0.5, 0.6) is 0 Å². The number of hydrogen-bond donors (Lipinski definition) is 2. The van der Waals surface area contributed by atoms with Gasteiger partial charge in [-0.25, -0.2) is 9.97 Å². The number of likely N-dealkylation sites (tertiary alicyclic amines) is 1. The molecule has 1 aromatic heterocycles. The first-order valence-corrected chi connectivity index (χ1v) is 6.90. The fraction of sp³-hybridized carbons (Fsp3) is 0.615. The van der Waals surface area contributed by atoms with E-state index < -0.39 is 0 Å². The second-order valence-corrected chi connectivity index (χ2v) is 5.05. The molecule has 2 rings (SSSR count). The fourth-order valence-electron chi connectivity index (χ4n) is 2.63. The van der Waals surface area contributed by atoms with Gasteiger partial charge in [0.05, 0.1) is 12.4 Å². The molecule has 0 radical (unpaired) electrons. The van der Waals surface area contributed by atoms with E-state index in [0.29, 0.717) is 11.7 Å². The zero-order valence-corrected chi connectivity index (χ0v) is 12.0. The van der Waals surface area contributed by atoms with E-state index in [9.17, 15) is 0 Å². The highest BCUT2D eigenvalue weighted by atomic mass is 16.4. The molecule has 3 N–H and O–H groups in total. The molecule has 0 aliphatic carbocycles. The summed E-state index contributed by atoms with van der Waals surface area (Å²) in [6.07, 6.45) is 5.67. The molecule has 0 aromatic carbocycles. The van der Waals surface area contributed by atoms with Gasteiger partial charge in [0, 0.05) is 19.6 Å². The van der Waals surface area contributed by atoms with Gasteiger partial charge in [0.25, 0.3) is 0 Å². The second-order valence-electron chi connectivity index (χ2n) is 5.05. The third kappa shape index (κ3) is 3.16. The van der Waals surface area contributed by atoms with Crippen molar-refractivity contribution in [2.24, 2.45) is 10.9 Å². The third-order valence-corrected chi connectivity index (χ3v) is 3.79. The quantitative estimate of drug-likeness (QED) is 0.352. The molecule has 1 saturated heterocycles. The van der Waals surface area contributed by atoms with Gasteiger partial charge >= 0.3 is 0 Å². The molecule has 1 unspecified atom stereocenters. The van der Waals surface area contributed by atoms with Gasteiger partial charge in [0.1, 0.15) is 11.5 Å². The van der Waals surface area contributed by atoms with E-state index in [1.807, 2.05) is 7.05 Å². The zero-order chi connectivity index (χ0) is 14.5. The maximum Gasteiger partial charge on any atom is 0.190 e. The Morgan fingerprint density at radius 1 is 1.55 bits per heavy atom. The molecular formula is C13H22N6O. The molecule has 0 saturated carbocycles. The molecule has 0 spiro atoms. The van der Waals surface area contributed by atoms with Crippen LogP contribution in [-0.2, 0) is 0 Å². The lowest BCUT2D eigenvalue weighted by atomic mass is 10.2. The molecule has 7 heteroatoms. The van der Waals surface area contributed by atoms with Crippen LogP contribution in [0.4, 0.5) is 5.82 Å². The molecule has 1 atom stereocenters. The van der Waals surface area contributed by atoms with E-state index >= 15 is 0 Å². The Kier molecular flexibility index (Phi) is 4.73. The van der Waals surface area contributed by atoms with Crippen molar-refractivity contribution in [3.05, 3.63) is 18.1 Å². The van der Waals surface area contributed by atoms with Crippen molar-refractivity contribution >= 4 is 11.7 Å². The van der Waals surface area contributed by atoms with Crippen LogP contribution in [0, 0.1) is 0 Å². The Labute approximate surface area is 119 Å². The van der Waals surface area contributed by atoms with E-state index in [1.165, 1.54) is 25.6 Å². The van der Waals surface area contributed by atoms with Gasteiger partial charge in [0.2, 0.25) is 0 Å². The van der Waals surface area contributed by atoms with Gasteiger partial charge < -0.3 is 15.8 Å². The van der Waals surface area contributed by atoms with Crippen LogP contribution in [0.2, 0.25) is 0 Å². The molecule has 1 aliphatic rings. The minimum absolute atomic E-state index is 0.0281. The van der Waals surface area contributed by atoms with Crippen LogP contribution in [0.25, 0.3) is 0 Å².